The Balaban J connectivity index is 2.22. The Labute approximate surface area is 128 Å². The van der Waals surface area contributed by atoms with E-state index in [-0.39, 0.29) is 5.91 Å². The van der Waals surface area contributed by atoms with E-state index in [2.05, 4.69) is 38.2 Å². The van der Waals surface area contributed by atoms with E-state index in [0.29, 0.717) is 24.3 Å². The van der Waals surface area contributed by atoms with Crippen molar-refractivity contribution in [2.45, 2.75) is 52.1 Å². The van der Waals surface area contributed by atoms with E-state index >= 15 is 0 Å². The molecular formula is C18H28N2O. The summed E-state index contributed by atoms with van der Waals surface area (Å²) in [6, 6.07) is 10.2. The molecule has 1 aliphatic rings. The van der Waals surface area contributed by atoms with Crippen LogP contribution in [0.5, 0.6) is 0 Å². The topological polar surface area (TPSA) is 55.1 Å². The lowest BCUT2D eigenvalue weighted by atomic mass is 9.64. The summed E-state index contributed by atoms with van der Waals surface area (Å²) in [6.07, 6.45) is 3.10. The molecule has 2 rings (SSSR count). The second-order valence-corrected chi connectivity index (χ2v) is 6.91. The molecule has 3 unspecified atom stereocenters. The fraction of sp³-hybridized carbons (Fsp3) is 0.611. The Bertz CT molecular complexity index is 471. The van der Waals surface area contributed by atoms with Crippen molar-refractivity contribution in [3.8, 4) is 0 Å². The molecule has 3 nitrogen and oxygen atoms in total. The maximum atomic E-state index is 12.3. The molecule has 116 valence electrons. The maximum absolute atomic E-state index is 12.3. The summed E-state index contributed by atoms with van der Waals surface area (Å²) in [5, 5.41) is 3.54. The molecule has 0 radical (unpaired) electrons. The monoisotopic (exact) mass is 288 g/mol. The summed E-state index contributed by atoms with van der Waals surface area (Å²) in [6.45, 7) is 7.31. The summed E-state index contributed by atoms with van der Waals surface area (Å²) in [5.74, 6) is 1.11. The number of carbonyl (C=O) groups is 1. The van der Waals surface area contributed by atoms with Gasteiger partial charge in [-0.05, 0) is 36.2 Å². The predicted molar refractivity (Wildman–Crippen MR) is 86.6 cm³/mol. The first-order valence-electron chi connectivity index (χ1n) is 8.04. The second-order valence-electron chi connectivity index (χ2n) is 6.91. The van der Waals surface area contributed by atoms with Crippen LogP contribution < -0.4 is 11.1 Å². The van der Waals surface area contributed by atoms with Gasteiger partial charge in [0.1, 0.15) is 5.54 Å². The summed E-state index contributed by atoms with van der Waals surface area (Å²) in [7, 11) is 0. The molecule has 1 aliphatic carbocycles. The molecule has 1 aromatic rings. The molecule has 1 saturated carbocycles. The number of nitrogens with two attached hydrogens (primary N) is 1. The van der Waals surface area contributed by atoms with Gasteiger partial charge in [0, 0.05) is 6.54 Å². The van der Waals surface area contributed by atoms with Crippen LogP contribution in [0.2, 0.25) is 0 Å². The minimum Gasteiger partial charge on any atom is -0.368 e. The lowest BCUT2D eigenvalue weighted by Crippen LogP contribution is -2.63. The van der Waals surface area contributed by atoms with Gasteiger partial charge in [0.25, 0.3) is 0 Å². The summed E-state index contributed by atoms with van der Waals surface area (Å²) >= 11 is 0. The van der Waals surface area contributed by atoms with E-state index < -0.39 is 5.54 Å². The lowest BCUT2D eigenvalue weighted by molar-refractivity contribution is -0.130. The minimum atomic E-state index is -0.568. The summed E-state index contributed by atoms with van der Waals surface area (Å²) < 4.78 is 0. The fourth-order valence-corrected chi connectivity index (χ4v) is 3.85. The first kappa shape index (κ1) is 16.0. The Morgan fingerprint density at radius 2 is 2.00 bits per heavy atom. The van der Waals surface area contributed by atoms with Crippen molar-refractivity contribution < 1.29 is 4.79 Å². The van der Waals surface area contributed by atoms with E-state index in [0.717, 1.165) is 12.8 Å². The molecule has 3 N–H and O–H groups in total. The Morgan fingerprint density at radius 3 is 2.57 bits per heavy atom. The smallest absolute Gasteiger partial charge is 0.238 e. The molecule has 0 aliphatic heterocycles. The van der Waals surface area contributed by atoms with Crippen LogP contribution in [-0.4, -0.2) is 11.4 Å². The van der Waals surface area contributed by atoms with Crippen molar-refractivity contribution in [2.75, 3.05) is 0 Å². The van der Waals surface area contributed by atoms with Crippen molar-refractivity contribution in [2.24, 2.45) is 23.5 Å². The number of benzene rings is 1. The Kier molecular flexibility index (Phi) is 5.04. The third-order valence-corrected chi connectivity index (χ3v) is 4.97. The molecule has 3 atom stereocenters. The van der Waals surface area contributed by atoms with Crippen LogP contribution in [0.1, 0.15) is 45.6 Å². The Hall–Kier alpha value is -1.35. The third-order valence-electron chi connectivity index (χ3n) is 4.97. The molecule has 1 amide bonds. The first-order valence-corrected chi connectivity index (χ1v) is 8.04. The molecule has 1 aromatic carbocycles. The fourth-order valence-electron chi connectivity index (χ4n) is 3.85. The van der Waals surface area contributed by atoms with E-state index in [9.17, 15) is 4.79 Å². The number of rotatable bonds is 5. The van der Waals surface area contributed by atoms with E-state index in [1.165, 1.54) is 12.0 Å². The van der Waals surface area contributed by atoms with Gasteiger partial charge >= 0.3 is 0 Å². The Morgan fingerprint density at radius 1 is 1.33 bits per heavy atom. The number of hydrogen-bond donors (Lipinski definition) is 2. The molecule has 21 heavy (non-hydrogen) atoms. The molecule has 0 saturated heterocycles. The van der Waals surface area contributed by atoms with Crippen LogP contribution >= 0.6 is 0 Å². The van der Waals surface area contributed by atoms with Gasteiger partial charge < -0.3 is 5.73 Å². The largest absolute Gasteiger partial charge is 0.368 e. The summed E-state index contributed by atoms with van der Waals surface area (Å²) in [4.78, 5) is 12.3. The SMILES string of the molecule is CC1CCC(C(C)C)C(NCc2ccccc2)(C(N)=O)C1. The highest BCUT2D eigenvalue weighted by molar-refractivity contribution is 5.85. The van der Waals surface area contributed by atoms with Crippen LogP contribution in [0.15, 0.2) is 30.3 Å². The minimum absolute atomic E-state index is 0.191. The number of carbonyl (C=O) groups excluding carboxylic acids is 1. The van der Waals surface area contributed by atoms with E-state index in [1.54, 1.807) is 0 Å². The lowest BCUT2D eigenvalue weighted by Gasteiger charge is -2.46. The zero-order valence-corrected chi connectivity index (χ0v) is 13.4. The van der Waals surface area contributed by atoms with Gasteiger partial charge in [-0.25, -0.2) is 0 Å². The van der Waals surface area contributed by atoms with Crippen molar-refractivity contribution in [3.05, 3.63) is 35.9 Å². The number of nitrogens with one attached hydrogen (secondary N) is 1. The molecule has 1 fully saturated rings. The molecule has 0 heterocycles. The first-order chi connectivity index (χ1) is 9.95. The summed E-state index contributed by atoms with van der Waals surface area (Å²) in [5.41, 5.74) is 6.48. The standard InChI is InChI=1S/C18H28N2O/c1-13(2)16-10-9-14(3)11-18(16,17(19)21)20-12-15-7-5-4-6-8-15/h4-8,13-14,16,20H,9-12H2,1-3H3,(H2,19,21). The van der Waals surface area contributed by atoms with Crippen LogP contribution in [0.3, 0.4) is 0 Å². The van der Waals surface area contributed by atoms with Gasteiger partial charge in [-0.15, -0.1) is 0 Å². The van der Waals surface area contributed by atoms with Crippen LogP contribution in [0.4, 0.5) is 0 Å². The van der Waals surface area contributed by atoms with Gasteiger partial charge in [-0.1, -0.05) is 57.5 Å². The maximum Gasteiger partial charge on any atom is 0.238 e. The van der Waals surface area contributed by atoms with Crippen molar-refractivity contribution in [1.82, 2.24) is 5.32 Å². The van der Waals surface area contributed by atoms with Gasteiger partial charge in [0.2, 0.25) is 5.91 Å². The van der Waals surface area contributed by atoms with Gasteiger partial charge in [-0.2, -0.15) is 0 Å². The highest BCUT2D eigenvalue weighted by Gasteiger charge is 2.48. The van der Waals surface area contributed by atoms with E-state index in [4.69, 9.17) is 5.73 Å². The number of hydrogen-bond acceptors (Lipinski definition) is 2. The van der Waals surface area contributed by atoms with Gasteiger partial charge in [0.05, 0.1) is 0 Å². The van der Waals surface area contributed by atoms with Crippen molar-refractivity contribution in [3.63, 3.8) is 0 Å². The quantitative estimate of drug-likeness (QED) is 0.874. The zero-order valence-electron chi connectivity index (χ0n) is 13.4. The molecular weight excluding hydrogens is 260 g/mol. The van der Waals surface area contributed by atoms with Crippen molar-refractivity contribution >= 4 is 5.91 Å². The van der Waals surface area contributed by atoms with Gasteiger partial charge in [-0.3, -0.25) is 10.1 Å². The highest BCUT2D eigenvalue weighted by Crippen LogP contribution is 2.41. The van der Waals surface area contributed by atoms with Crippen LogP contribution in [0, 0.1) is 17.8 Å². The number of amides is 1. The molecule has 0 bridgehead atoms. The number of primary amides is 1. The van der Waals surface area contributed by atoms with E-state index in [1.807, 2.05) is 18.2 Å². The zero-order chi connectivity index (χ0) is 15.5. The average molecular weight is 288 g/mol. The predicted octanol–water partition coefficient (Wildman–Crippen LogP) is 3.09. The second kappa shape index (κ2) is 6.61. The third kappa shape index (κ3) is 3.46. The van der Waals surface area contributed by atoms with Crippen LogP contribution in [-0.2, 0) is 11.3 Å². The molecule has 0 aromatic heterocycles. The van der Waals surface area contributed by atoms with Gasteiger partial charge in [0.15, 0.2) is 0 Å². The average Bonchev–Trinajstić information content (AvgIpc) is 2.45. The van der Waals surface area contributed by atoms with Crippen LogP contribution in [0.25, 0.3) is 0 Å². The normalized spacial score (nSPS) is 29.5. The van der Waals surface area contributed by atoms with Crippen molar-refractivity contribution in [1.29, 1.82) is 0 Å². The molecule has 0 spiro atoms. The molecule has 3 heteroatoms. The highest BCUT2D eigenvalue weighted by atomic mass is 16.1.